The van der Waals surface area contributed by atoms with Crippen LogP contribution in [0.15, 0.2) is 23.4 Å². The first-order chi connectivity index (χ1) is 13.9. The summed E-state index contributed by atoms with van der Waals surface area (Å²) in [4.78, 5) is 3.17. The fourth-order valence-corrected chi connectivity index (χ4v) is 5.25. The highest BCUT2D eigenvalue weighted by atomic mass is 35.5. The molecule has 0 amide bonds. The zero-order valence-electron chi connectivity index (χ0n) is 15.6. The van der Waals surface area contributed by atoms with Crippen molar-refractivity contribution in [1.29, 1.82) is 0 Å². The van der Waals surface area contributed by atoms with Gasteiger partial charge in [0.25, 0.3) is 10.0 Å². The highest BCUT2D eigenvalue weighted by Crippen LogP contribution is 2.29. The van der Waals surface area contributed by atoms with Gasteiger partial charge >= 0.3 is 0 Å². The van der Waals surface area contributed by atoms with Gasteiger partial charge in [0.1, 0.15) is 17.0 Å². The van der Waals surface area contributed by atoms with Gasteiger partial charge in [-0.2, -0.15) is 4.37 Å². The number of sulfonamides is 1. The smallest absolute Gasteiger partial charge is 0.266 e. The van der Waals surface area contributed by atoms with Crippen molar-refractivity contribution in [3.05, 3.63) is 29.3 Å². The van der Waals surface area contributed by atoms with E-state index in [4.69, 9.17) is 11.6 Å². The molecule has 0 spiro atoms. The van der Waals surface area contributed by atoms with Gasteiger partial charge in [0.05, 0.1) is 16.8 Å². The van der Waals surface area contributed by atoms with E-state index in [1.807, 2.05) is 0 Å². The summed E-state index contributed by atoms with van der Waals surface area (Å²) in [5.74, 6) is -0.591. The molecule has 4 N–H and O–H groups in total. The number of nitrogens with zero attached hydrogens (tertiary/aromatic N) is 2. The van der Waals surface area contributed by atoms with Crippen LogP contribution in [0.25, 0.3) is 0 Å². The van der Waals surface area contributed by atoms with Crippen LogP contribution in [-0.2, 0) is 10.0 Å². The summed E-state index contributed by atoms with van der Waals surface area (Å²) in [6, 6.07) is 2.16. The van der Waals surface area contributed by atoms with E-state index in [2.05, 4.69) is 24.7 Å². The molecule has 1 saturated heterocycles. The number of hydrogen-bond acceptors (Lipinski definition) is 8. The topological polar surface area (TPSA) is 116 Å². The van der Waals surface area contributed by atoms with Gasteiger partial charge in [0, 0.05) is 31.2 Å². The average molecular weight is 464 g/mol. The molecule has 0 bridgehead atoms. The number of unbranched alkanes of at least 4 members (excludes halogenated alkanes) is 2. The van der Waals surface area contributed by atoms with E-state index >= 15 is 0 Å². The van der Waals surface area contributed by atoms with Crippen molar-refractivity contribution in [2.24, 2.45) is 5.92 Å². The van der Waals surface area contributed by atoms with Crippen LogP contribution in [0.4, 0.5) is 15.2 Å². The molecule has 1 fully saturated rings. The van der Waals surface area contributed by atoms with Crippen molar-refractivity contribution in [3.63, 3.8) is 0 Å². The lowest BCUT2D eigenvalue weighted by Gasteiger charge is -2.13. The zero-order chi connectivity index (χ0) is 20.9. The van der Waals surface area contributed by atoms with Gasteiger partial charge in [-0.15, -0.1) is 0 Å². The molecule has 3 rings (SSSR count). The van der Waals surface area contributed by atoms with Gasteiger partial charge < -0.3 is 15.7 Å². The van der Waals surface area contributed by atoms with E-state index in [9.17, 15) is 17.9 Å². The zero-order valence-corrected chi connectivity index (χ0v) is 18.0. The van der Waals surface area contributed by atoms with Crippen molar-refractivity contribution in [1.82, 2.24) is 14.7 Å². The van der Waals surface area contributed by atoms with Crippen LogP contribution in [0.1, 0.15) is 25.7 Å². The van der Waals surface area contributed by atoms with Crippen LogP contribution in [-0.4, -0.2) is 48.6 Å². The molecule has 160 valence electrons. The number of β-amino-alcohol motifs (C(OH)–C–C–N with tert-alkyl or cyclic N) is 1. The number of rotatable bonds is 10. The van der Waals surface area contributed by atoms with Gasteiger partial charge in [-0.3, -0.25) is 4.72 Å². The van der Waals surface area contributed by atoms with Crippen molar-refractivity contribution in [2.75, 3.05) is 29.7 Å². The Morgan fingerprint density at radius 3 is 2.83 bits per heavy atom. The number of aromatic nitrogens is 2. The minimum Gasteiger partial charge on any atom is -0.391 e. The molecule has 0 radical (unpaired) electrons. The Hall–Kier alpha value is -1.53. The summed E-state index contributed by atoms with van der Waals surface area (Å²) in [7, 11) is -4.15. The predicted octanol–water partition coefficient (Wildman–Crippen LogP) is 2.68. The normalized spacial score (nSPS) is 19.4. The second kappa shape index (κ2) is 9.98. The molecule has 0 aliphatic carbocycles. The Bertz CT molecular complexity index is 914. The van der Waals surface area contributed by atoms with Crippen molar-refractivity contribution < 1.29 is 17.9 Å². The number of aliphatic hydroxyl groups excluding tert-OH is 1. The Morgan fingerprint density at radius 1 is 1.31 bits per heavy atom. The molecule has 0 saturated carbocycles. The molecule has 12 heteroatoms. The van der Waals surface area contributed by atoms with Gasteiger partial charge in [-0.1, -0.05) is 24.4 Å². The summed E-state index contributed by atoms with van der Waals surface area (Å²) in [6.45, 7) is 2.11. The van der Waals surface area contributed by atoms with Crippen LogP contribution in [0.2, 0.25) is 5.02 Å². The highest BCUT2D eigenvalue weighted by Gasteiger charge is 2.24. The summed E-state index contributed by atoms with van der Waals surface area (Å²) < 4.78 is 44.9. The lowest BCUT2D eigenvalue weighted by molar-refractivity contribution is 0.141. The first kappa shape index (κ1) is 22.2. The van der Waals surface area contributed by atoms with E-state index < -0.39 is 20.7 Å². The van der Waals surface area contributed by atoms with E-state index in [0.29, 0.717) is 24.7 Å². The Kier molecular flexibility index (Phi) is 7.63. The summed E-state index contributed by atoms with van der Waals surface area (Å²) in [5.41, 5.74) is 0.342. The van der Waals surface area contributed by atoms with Crippen LogP contribution >= 0.6 is 23.1 Å². The van der Waals surface area contributed by atoms with E-state index in [0.717, 1.165) is 55.9 Å². The summed E-state index contributed by atoms with van der Waals surface area (Å²) >= 11 is 7.00. The molecule has 1 aromatic heterocycles. The second-order valence-electron chi connectivity index (χ2n) is 6.88. The first-order valence-corrected chi connectivity index (χ1v) is 11.9. The molecule has 2 atom stereocenters. The van der Waals surface area contributed by atoms with Crippen molar-refractivity contribution in [3.8, 4) is 0 Å². The van der Waals surface area contributed by atoms with E-state index in [-0.39, 0.29) is 16.3 Å². The lowest BCUT2D eigenvalue weighted by Crippen LogP contribution is -2.17. The Labute approximate surface area is 178 Å². The van der Waals surface area contributed by atoms with Gasteiger partial charge in [0.2, 0.25) is 5.13 Å². The lowest BCUT2D eigenvalue weighted by atomic mass is 9.98. The van der Waals surface area contributed by atoms with Crippen LogP contribution < -0.4 is 15.4 Å². The van der Waals surface area contributed by atoms with E-state index in [1.165, 1.54) is 6.33 Å². The molecule has 1 aromatic carbocycles. The standard InChI is InChI=1S/C17H23ClFN5O3S2/c18-12-6-16(29(26,27)24-17-22-10-23-28-17)13(19)7-14(12)21-5-3-1-2-4-11-8-20-9-15(11)25/h6-7,10-11,15,20-21,25H,1-5,8-9H2,(H,22,23,24)/t11-,15+/m1/s1. The Balaban J connectivity index is 1.50. The van der Waals surface area contributed by atoms with Gasteiger partial charge in [-0.05, 0) is 30.9 Å². The Morgan fingerprint density at radius 2 is 2.14 bits per heavy atom. The number of aliphatic hydroxyl groups is 1. The molecule has 1 aliphatic heterocycles. The monoisotopic (exact) mass is 463 g/mol. The maximum Gasteiger partial charge on any atom is 0.266 e. The maximum absolute atomic E-state index is 14.4. The van der Waals surface area contributed by atoms with Crippen LogP contribution in [0, 0.1) is 11.7 Å². The number of hydrogen-bond donors (Lipinski definition) is 4. The van der Waals surface area contributed by atoms with Gasteiger partial charge in [0.15, 0.2) is 0 Å². The van der Waals surface area contributed by atoms with E-state index in [1.54, 1.807) is 0 Å². The number of benzene rings is 1. The number of halogens is 2. The van der Waals surface area contributed by atoms with Crippen LogP contribution in [0.5, 0.6) is 0 Å². The molecule has 0 unspecified atom stereocenters. The average Bonchev–Trinajstić information content (AvgIpc) is 3.31. The fraction of sp³-hybridized carbons (Fsp3) is 0.529. The molecular formula is C17H23ClFN5O3S2. The molecule has 29 heavy (non-hydrogen) atoms. The largest absolute Gasteiger partial charge is 0.391 e. The molecule has 1 aliphatic rings. The van der Waals surface area contributed by atoms with Gasteiger partial charge in [-0.25, -0.2) is 17.8 Å². The third kappa shape index (κ3) is 5.98. The third-order valence-electron chi connectivity index (χ3n) is 4.77. The maximum atomic E-state index is 14.4. The quantitative estimate of drug-likeness (QED) is 0.400. The SMILES string of the molecule is O=S(=O)(Nc1ncns1)c1cc(Cl)c(NCCCCC[C@@H]2CNC[C@@H]2O)cc1F. The van der Waals surface area contributed by atoms with Crippen molar-refractivity contribution in [2.45, 2.75) is 36.7 Å². The molecule has 8 nitrogen and oxygen atoms in total. The molecular weight excluding hydrogens is 441 g/mol. The van der Waals surface area contributed by atoms with Crippen LogP contribution in [0.3, 0.4) is 0 Å². The minimum atomic E-state index is -4.15. The fourth-order valence-electron chi connectivity index (χ4n) is 3.20. The second-order valence-corrected chi connectivity index (χ2v) is 9.71. The minimum absolute atomic E-state index is 0.0450. The molecule has 2 heterocycles. The first-order valence-electron chi connectivity index (χ1n) is 9.28. The highest BCUT2D eigenvalue weighted by molar-refractivity contribution is 7.93. The number of anilines is 2. The summed E-state index contributed by atoms with van der Waals surface area (Å²) in [5, 5.41) is 16.1. The molecule has 2 aromatic rings. The van der Waals surface area contributed by atoms with Crippen molar-refractivity contribution >= 4 is 44.0 Å². The predicted molar refractivity (Wildman–Crippen MR) is 111 cm³/mol. The third-order valence-corrected chi connectivity index (χ3v) is 7.14. The summed E-state index contributed by atoms with van der Waals surface area (Å²) in [6.07, 6.45) is 4.73. The number of nitrogens with one attached hydrogen (secondary N) is 3.